The van der Waals surface area contributed by atoms with E-state index in [-0.39, 0.29) is 12.7 Å². The third kappa shape index (κ3) is 12.7. The summed E-state index contributed by atoms with van der Waals surface area (Å²) in [6, 6.07) is 42.4. The van der Waals surface area contributed by atoms with Gasteiger partial charge in [-0.05, 0) is 103 Å². The zero-order valence-electron chi connectivity index (χ0n) is 34.0. The van der Waals surface area contributed by atoms with Crippen molar-refractivity contribution < 1.29 is 23.8 Å². The molecule has 0 aromatic heterocycles. The smallest absolute Gasteiger partial charge is 0.410 e. The van der Waals surface area contributed by atoms with E-state index < -0.39 is 5.91 Å². The van der Waals surface area contributed by atoms with Crippen LogP contribution in [0.1, 0.15) is 89.2 Å². The van der Waals surface area contributed by atoms with Crippen LogP contribution >= 0.6 is 0 Å². The molecular weight excluding hydrogens is 723 g/mol. The largest absolute Gasteiger partial charge is 0.485 e. The first-order valence-electron chi connectivity index (χ1n) is 21.0. The van der Waals surface area contributed by atoms with E-state index in [2.05, 4.69) is 48.6 Å². The molecule has 5 aromatic carbocycles. The van der Waals surface area contributed by atoms with Gasteiger partial charge >= 0.3 is 6.09 Å². The number of benzene rings is 5. The maximum Gasteiger partial charge on any atom is 0.410 e. The van der Waals surface area contributed by atoms with Gasteiger partial charge in [0.1, 0.15) is 19.8 Å². The molecule has 0 fully saturated rings. The van der Waals surface area contributed by atoms with Gasteiger partial charge in [0.25, 0.3) is 0 Å². The van der Waals surface area contributed by atoms with Crippen molar-refractivity contribution in [2.45, 2.75) is 90.6 Å². The Hall–Kier alpha value is -5.60. The van der Waals surface area contributed by atoms with Gasteiger partial charge in [-0.3, -0.25) is 4.79 Å². The molecule has 0 aliphatic heterocycles. The van der Waals surface area contributed by atoms with Crippen molar-refractivity contribution in [2.24, 2.45) is 11.7 Å². The van der Waals surface area contributed by atoms with Gasteiger partial charge in [0.05, 0.1) is 0 Å². The van der Waals surface area contributed by atoms with Crippen LogP contribution in [0.2, 0.25) is 0 Å². The molecule has 8 heteroatoms. The van der Waals surface area contributed by atoms with Gasteiger partial charge in [0, 0.05) is 30.3 Å². The number of nitrogens with one attached hydrogen (secondary N) is 1. The van der Waals surface area contributed by atoms with Crippen LogP contribution in [0.3, 0.4) is 0 Å². The van der Waals surface area contributed by atoms with Gasteiger partial charge in [0.2, 0.25) is 5.91 Å². The second kappa shape index (κ2) is 22.4. The minimum absolute atomic E-state index is 0.238. The summed E-state index contributed by atoms with van der Waals surface area (Å²) in [5, 5.41) is 3.91. The van der Waals surface area contributed by atoms with Crippen LogP contribution in [0.5, 0.6) is 11.5 Å². The molecular formula is C50H59N3O5. The Morgan fingerprint density at radius 1 is 0.724 bits per heavy atom. The number of nitrogens with two attached hydrogens (primary N) is 1. The van der Waals surface area contributed by atoms with Crippen molar-refractivity contribution in [1.29, 1.82) is 0 Å². The topological polar surface area (TPSA) is 103 Å². The van der Waals surface area contributed by atoms with E-state index in [0.29, 0.717) is 50.2 Å². The number of carbonyl (C=O) groups is 2. The second-order valence-electron chi connectivity index (χ2n) is 15.3. The second-order valence-corrected chi connectivity index (χ2v) is 15.3. The van der Waals surface area contributed by atoms with Crippen molar-refractivity contribution in [3.05, 3.63) is 166 Å². The number of rotatable bonds is 22. The van der Waals surface area contributed by atoms with E-state index in [1.807, 2.05) is 83.8 Å². The summed E-state index contributed by atoms with van der Waals surface area (Å²) in [6.45, 7) is 5.60. The van der Waals surface area contributed by atoms with Crippen LogP contribution in [0.4, 0.5) is 4.79 Å². The Labute approximate surface area is 344 Å². The molecule has 2 amide bonds. The quantitative estimate of drug-likeness (QED) is 0.0678. The molecule has 0 saturated heterocycles. The number of unbranched alkanes of at least 4 members (excludes halogenated alkanes) is 2. The van der Waals surface area contributed by atoms with Crippen LogP contribution in [0.25, 0.3) is 0 Å². The van der Waals surface area contributed by atoms with Crippen molar-refractivity contribution in [2.75, 3.05) is 19.6 Å². The highest BCUT2D eigenvalue weighted by Crippen LogP contribution is 2.41. The van der Waals surface area contributed by atoms with Gasteiger partial charge in [-0.1, -0.05) is 129 Å². The number of ether oxygens (including phenoxy) is 3. The molecule has 0 radical (unpaired) electrons. The lowest BCUT2D eigenvalue weighted by Crippen LogP contribution is -2.39. The molecule has 3 N–H and O–H groups in total. The van der Waals surface area contributed by atoms with Gasteiger partial charge < -0.3 is 30.2 Å². The fourth-order valence-corrected chi connectivity index (χ4v) is 7.79. The molecule has 1 aliphatic carbocycles. The number of carbonyl (C=O) groups excluding carboxylic acids is 2. The fourth-order valence-electron chi connectivity index (χ4n) is 7.79. The molecule has 1 aliphatic rings. The van der Waals surface area contributed by atoms with Crippen LogP contribution in [0.15, 0.2) is 127 Å². The highest BCUT2D eigenvalue weighted by molar-refractivity contribution is 5.92. The summed E-state index contributed by atoms with van der Waals surface area (Å²) in [5.74, 6) is 1.75. The third-order valence-corrected chi connectivity index (χ3v) is 11.1. The van der Waals surface area contributed by atoms with Gasteiger partial charge in [-0.15, -0.1) is 0 Å². The summed E-state index contributed by atoms with van der Waals surface area (Å²) in [4.78, 5) is 26.7. The lowest BCUT2D eigenvalue weighted by atomic mass is 9.78. The molecule has 5 aromatic rings. The Bertz CT molecular complexity index is 1990. The number of hydrogen-bond donors (Lipinski definition) is 2. The van der Waals surface area contributed by atoms with Crippen LogP contribution in [-0.4, -0.2) is 42.6 Å². The first kappa shape index (κ1) is 42.0. The SMILES string of the molecule is CCCN[C@@H](CCCCCN(CCc1ccc(C(N)=O)cc1)C(=O)OCc1ccccc1)C1CCc2c(ccc(OCc3ccccc3)c2OCc2ccccc2)C1. The molecule has 2 atom stereocenters. The number of hydrogen-bond acceptors (Lipinski definition) is 6. The lowest BCUT2D eigenvalue weighted by molar-refractivity contribution is 0.0956. The molecule has 0 saturated carbocycles. The molecule has 8 nitrogen and oxygen atoms in total. The van der Waals surface area contributed by atoms with Gasteiger partial charge in [-0.25, -0.2) is 4.79 Å². The van der Waals surface area contributed by atoms with E-state index in [1.54, 1.807) is 12.1 Å². The number of amides is 2. The minimum atomic E-state index is -0.449. The highest BCUT2D eigenvalue weighted by Gasteiger charge is 2.29. The Kier molecular flexibility index (Phi) is 16.2. The molecule has 58 heavy (non-hydrogen) atoms. The first-order valence-corrected chi connectivity index (χ1v) is 21.0. The van der Waals surface area contributed by atoms with E-state index in [0.717, 1.165) is 91.7 Å². The predicted molar refractivity (Wildman–Crippen MR) is 231 cm³/mol. The van der Waals surface area contributed by atoms with E-state index in [4.69, 9.17) is 19.9 Å². The maximum atomic E-state index is 13.4. The Balaban J connectivity index is 1.06. The molecule has 304 valence electrons. The normalized spacial score (nSPS) is 13.9. The van der Waals surface area contributed by atoms with Crippen molar-refractivity contribution in [3.8, 4) is 11.5 Å². The number of fused-ring (bicyclic) bond motifs is 1. The van der Waals surface area contributed by atoms with Crippen molar-refractivity contribution in [3.63, 3.8) is 0 Å². The number of primary amides is 1. The average Bonchev–Trinajstić information content (AvgIpc) is 3.27. The summed E-state index contributed by atoms with van der Waals surface area (Å²) >= 11 is 0. The number of nitrogens with zero attached hydrogens (tertiary/aromatic N) is 1. The van der Waals surface area contributed by atoms with E-state index >= 15 is 0 Å². The first-order chi connectivity index (χ1) is 28.5. The fraction of sp³-hybridized carbons (Fsp3) is 0.360. The van der Waals surface area contributed by atoms with Crippen molar-refractivity contribution >= 4 is 12.0 Å². The van der Waals surface area contributed by atoms with E-state index in [1.165, 1.54) is 11.1 Å². The zero-order valence-corrected chi connectivity index (χ0v) is 34.0. The summed E-state index contributed by atoms with van der Waals surface area (Å²) in [7, 11) is 0. The summed E-state index contributed by atoms with van der Waals surface area (Å²) in [5.41, 5.74) is 12.8. The van der Waals surface area contributed by atoms with Gasteiger partial charge in [0.15, 0.2) is 11.5 Å². The zero-order chi connectivity index (χ0) is 40.4. The van der Waals surface area contributed by atoms with E-state index in [9.17, 15) is 9.59 Å². The molecule has 0 bridgehead atoms. The lowest BCUT2D eigenvalue weighted by Gasteiger charge is -2.33. The third-order valence-electron chi connectivity index (χ3n) is 11.1. The average molecular weight is 782 g/mol. The highest BCUT2D eigenvalue weighted by atomic mass is 16.6. The maximum absolute atomic E-state index is 13.4. The molecule has 1 unspecified atom stereocenters. The van der Waals surface area contributed by atoms with Crippen molar-refractivity contribution in [1.82, 2.24) is 10.2 Å². The Morgan fingerprint density at radius 3 is 2.00 bits per heavy atom. The molecule has 6 rings (SSSR count). The van der Waals surface area contributed by atoms with Crippen LogP contribution in [0, 0.1) is 5.92 Å². The van der Waals surface area contributed by atoms with Crippen LogP contribution in [-0.2, 0) is 43.8 Å². The van der Waals surface area contributed by atoms with Gasteiger partial charge in [-0.2, -0.15) is 0 Å². The predicted octanol–water partition coefficient (Wildman–Crippen LogP) is 9.86. The van der Waals surface area contributed by atoms with Crippen LogP contribution < -0.4 is 20.5 Å². The Morgan fingerprint density at radius 2 is 1.36 bits per heavy atom. The summed E-state index contributed by atoms with van der Waals surface area (Å²) in [6.07, 6.45) is 8.54. The molecule has 0 spiro atoms. The minimum Gasteiger partial charge on any atom is -0.485 e. The standard InChI is InChI=1S/C50H59N3O5/c1-2-31-52-46(21-13-6-14-32-53(50(55)58-37-41-19-11-5-12-20-41)33-30-38-22-24-42(25-23-38)49(51)54)44-26-28-45-43(34-44)27-29-47(56-35-39-15-7-3-8-16-39)48(45)57-36-40-17-9-4-10-18-40/h3-5,7-12,15-20,22-25,27,29,44,46,52H,2,6,13-14,21,26,28,30-37H2,1H3,(H2,51,54)/t44?,46-/m0/s1. The summed E-state index contributed by atoms with van der Waals surface area (Å²) < 4.78 is 18.8. The molecule has 0 heterocycles. The monoisotopic (exact) mass is 781 g/mol.